The topological polar surface area (TPSA) is 61.2 Å². The van der Waals surface area contributed by atoms with Gasteiger partial charge in [-0.25, -0.2) is 8.42 Å². The van der Waals surface area contributed by atoms with Crippen molar-refractivity contribution in [2.75, 3.05) is 7.05 Å². The third-order valence-electron chi connectivity index (χ3n) is 3.52. The molecule has 6 heteroatoms. The van der Waals surface area contributed by atoms with E-state index in [1.807, 2.05) is 33.8 Å². The molecule has 0 saturated heterocycles. The van der Waals surface area contributed by atoms with Crippen LogP contribution in [-0.4, -0.2) is 25.8 Å². The second kappa shape index (κ2) is 5.72. The molecule has 1 atom stereocenters. The lowest BCUT2D eigenvalue weighted by Crippen LogP contribution is -2.42. The monoisotopic (exact) mass is 314 g/mol. The lowest BCUT2D eigenvalue weighted by atomic mass is 9.88. The largest absolute Gasteiger partial charge is 0.244 e. The van der Waals surface area contributed by atoms with E-state index in [9.17, 15) is 8.42 Å². The average Bonchev–Trinajstić information content (AvgIpc) is 2.36. The Morgan fingerprint density at radius 1 is 1.35 bits per heavy atom. The molecule has 1 aromatic carbocycles. The third-order valence-corrected chi connectivity index (χ3v) is 5.93. The van der Waals surface area contributed by atoms with E-state index in [0.717, 1.165) is 0 Å². The number of nitrogens with zero attached hydrogens (tertiary/aromatic N) is 2. The fourth-order valence-corrected chi connectivity index (χ4v) is 3.72. The van der Waals surface area contributed by atoms with Gasteiger partial charge in [-0.05, 0) is 30.5 Å². The Hall–Kier alpha value is -1.09. The zero-order valence-electron chi connectivity index (χ0n) is 12.3. The normalized spacial score (nSPS) is 14.1. The van der Waals surface area contributed by atoms with E-state index in [2.05, 4.69) is 0 Å². The van der Waals surface area contributed by atoms with Crippen molar-refractivity contribution < 1.29 is 8.42 Å². The van der Waals surface area contributed by atoms with Gasteiger partial charge in [0.05, 0.1) is 16.7 Å². The van der Waals surface area contributed by atoms with Gasteiger partial charge < -0.3 is 0 Å². The number of hydrogen-bond acceptors (Lipinski definition) is 3. The molecule has 0 N–H and O–H groups in total. The fourth-order valence-electron chi connectivity index (χ4n) is 1.68. The summed E-state index contributed by atoms with van der Waals surface area (Å²) in [7, 11) is -2.21. The number of rotatable bonds is 3. The van der Waals surface area contributed by atoms with Crippen LogP contribution in [0.5, 0.6) is 0 Å². The van der Waals surface area contributed by atoms with Crippen molar-refractivity contribution in [3.05, 3.63) is 28.8 Å². The molecule has 0 radical (unpaired) electrons. The van der Waals surface area contributed by atoms with Crippen LogP contribution in [0.3, 0.4) is 0 Å². The second-order valence-electron chi connectivity index (χ2n) is 5.82. The highest BCUT2D eigenvalue weighted by molar-refractivity contribution is 7.89. The Morgan fingerprint density at radius 3 is 2.35 bits per heavy atom. The van der Waals surface area contributed by atoms with Crippen molar-refractivity contribution in [2.24, 2.45) is 5.41 Å². The van der Waals surface area contributed by atoms with Crippen molar-refractivity contribution in [1.82, 2.24) is 4.31 Å². The Morgan fingerprint density at radius 2 is 1.90 bits per heavy atom. The average molecular weight is 315 g/mol. The molecular weight excluding hydrogens is 296 g/mol. The molecule has 0 aliphatic carbocycles. The summed E-state index contributed by atoms with van der Waals surface area (Å²) in [5.74, 6) is 0. The summed E-state index contributed by atoms with van der Waals surface area (Å²) in [4.78, 5) is -0.0307. The van der Waals surface area contributed by atoms with Crippen LogP contribution >= 0.6 is 11.6 Å². The van der Waals surface area contributed by atoms with Crippen LogP contribution in [-0.2, 0) is 10.0 Å². The third kappa shape index (κ3) is 3.32. The van der Waals surface area contributed by atoms with Crippen LogP contribution in [0, 0.1) is 16.7 Å². The van der Waals surface area contributed by atoms with E-state index in [4.69, 9.17) is 16.9 Å². The van der Waals surface area contributed by atoms with E-state index in [0.29, 0.717) is 0 Å². The quantitative estimate of drug-likeness (QED) is 0.860. The standard InChI is InChI=1S/C14H19ClN2O2S/c1-10(14(2,3)4)17(5)20(18,19)13-8-11(9-16)6-7-12(13)15/h6-8,10H,1-5H3. The predicted molar refractivity (Wildman–Crippen MR) is 80.0 cm³/mol. The molecule has 20 heavy (non-hydrogen) atoms. The highest BCUT2D eigenvalue weighted by Crippen LogP contribution is 2.30. The van der Waals surface area contributed by atoms with Gasteiger partial charge in [0.2, 0.25) is 10.0 Å². The summed E-state index contributed by atoms with van der Waals surface area (Å²) in [5.41, 5.74) is 0.0611. The molecule has 0 bridgehead atoms. The van der Waals surface area contributed by atoms with Crippen LogP contribution in [0.15, 0.2) is 23.1 Å². The zero-order chi connectivity index (χ0) is 15.7. The van der Waals surface area contributed by atoms with E-state index in [-0.39, 0.29) is 26.9 Å². The first-order valence-electron chi connectivity index (χ1n) is 6.19. The predicted octanol–water partition coefficient (Wildman–Crippen LogP) is 3.27. The second-order valence-corrected chi connectivity index (χ2v) is 8.19. The highest BCUT2D eigenvalue weighted by atomic mass is 35.5. The van der Waals surface area contributed by atoms with E-state index >= 15 is 0 Å². The van der Waals surface area contributed by atoms with Gasteiger partial charge in [0.25, 0.3) is 0 Å². The fraction of sp³-hybridized carbons (Fsp3) is 0.500. The molecule has 0 fully saturated rings. The van der Waals surface area contributed by atoms with Crippen LogP contribution in [0.2, 0.25) is 5.02 Å². The maximum Gasteiger partial charge on any atom is 0.244 e. The molecule has 0 saturated carbocycles. The maximum absolute atomic E-state index is 12.6. The minimum atomic E-state index is -3.73. The molecule has 1 aromatic rings. The van der Waals surface area contributed by atoms with E-state index in [1.165, 1.54) is 29.6 Å². The Balaban J connectivity index is 3.34. The molecule has 0 aliphatic rings. The van der Waals surface area contributed by atoms with Gasteiger partial charge in [0.15, 0.2) is 0 Å². The SMILES string of the molecule is CC(N(C)S(=O)(=O)c1cc(C#N)ccc1Cl)C(C)(C)C. The van der Waals surface area contributed by atoms with Crippen LogP contribution in [0.25, 0.3) is 0 Å². The van der Waals surface area contributed by atoms with Crippen molar-refractivity contribution in [3.8, 4) is 6.07 Å². The minimum Gasteiger partial charge on any atom is -0.207 e. The Kier molecular flexibility index (Phi) is 4.86. The molecule has 1 unspecified atom stereocenters. The summed E-state index contributed by atoms with van der Waals surface area (Å²) in [6.07, 6.45) is 0. The van der Waals surface area contributed by atoms with Crippen molar-refractivity contribution in [1.29, 1.82) is 5.26 Å². The maximum atomic E-state index is 12.6. The van der Waals surface area contributed by atoms with Crippen LogP contribution < -0.4 is 0 Å². The summed E-state index contributed by atoms with van der Waals surface area (Å²) in [6.45, 7) is 7.75. The molecule has 0 heterocycles. The molecule has 1 rings (SSSR count). The summed E-state index contributed by atoms with van der Waals surface area (Å²) >= 11 is 5.99. The molecule has 4 nitrogen and oxygen atoms in total. The molecular formula is C14H19ClN2O2S. The van der Waals surface area contributed by atoms with E-state index in [1.54, 1.807) is 0 Å². The first-order valence-corrected chi connectivity index (χ1v) is 8.01. The number of hydrogen-bond donors (Lipinski definition) is 0. The van der Waals surface area contributed by atoms with Crippen LogP contribution in [0.1, 0.15) is 33.3 Å². The molecule has 0 spiro atoms. The van der Waals surface area contributed by atoms with Gasteiger partial charge in [-0.15, -0.1) is 0 Å². The van der Waals surface area contributed by atoms with Crippen molar-refractivity contribution in [3.63, 3.8) is 0 Å². The van der Waals surface area contributed by atoms with Gasteiger partial charge in [-0.3, -0.25) is 0 Å². The first kappa shape index (κ1) is 17.0. The molecule has 0 aliphatic heterocycles. The van der Waals surface area contributed by atoms with Gasteiger partial charge in [0, 0.05) is 13.1 Å². The number of halogens is 1. The summed E-state index contributed by atoms with van der Waals surface area (Å²) < 4.78 is 26.6. The van der Waals surface area contributed by atoms with Gasteiger partial charge in [0.1, 0.15) is 4.90 Å². The minimum absolute atomic E-state index is 0.0307. The summed E-state index contributed by atoms with van der Waals surface area (Å²) in [6, 6.07) is 5.95. The van der Waals surface area contributed by atoms with Crippen molar-refractivity contribution in [2.45, 2.75) is 38.6 Å². The van der Waals surface area contributed by atoms with Gasteiger partial charge in [-0.1, -0.05) is 32.4 Å². The molecule has 110 valence electrons. The Bertz CT molecular complexity index is 642. The lowest BCUT2D eigenvalue weighted by molar-refractivity contribution is 0.216. The first-order chi connectivity index (χ1) is 9.01. The molecule has 0 amide bonds. The number of sulfonamides is 1. The van der Waals surface area contributed by atoms with Crippen LogP contribution in [0.4, 0.5) is 0 Å². The van der Waals surface area contributed by atoms with E-state index < -0.39 is 10.0 Å². The number of nitriles is 1. The highest BCUT2D eigenvalue weighted by Gasteiger charge is 2.33. The number of benzene rings is 1. The van der Waals surface area contributed by atoms with Crippen molar-refractivity contribution >= 4 is 21.6 Å². The summed E-state index contributed by atoms with van der Waals surface area (Å²) in [5, 5.41) is 9.02. The lowest BCUT2D eigenvalue weighted by Gasteiger charge is -2.34. The van der Waals surface area contributed by atoms with Gasteiger partial charge in [-0.2, -0.15) is 9.57 Å². The van der Waals surface area contributed by atoms with Gasteiger partial charge >= 0.3 is 0 Å². The Labute approximate surface area is 126 Å². The molecule has 0 aromatic heterocycles. The smallest absolute Gasteiger partial charge is 0.207 e. The zero-order valence-corrected chi connectivity index (χ0v) is 13.9.